The summed E-state index contributed by atoms with van der Waals surface area (Å²) >= 11 is 0. The number of benzene rings is 1. The molecule has 104 valence electrons. The predicted molar refractivity (Wildman–Crippen MR) is 79.9 cm³/mol. The monoisotopic (exact) mass is 270 g/mol. The van der Waals surface area contributed by atoms with Crippen molar-refractivity contribution in [2.75, 3.05) is 17.2 Å². The molecule has 0 fully saturated rings. The Morgan fingerprint density at radius 3 is 2.60 bits per heavy atom. The van der Waals surface area contributed by atoms with Gasteiger partial charge in [0.25, 0.3) is 5.91 Å². The molecule has 20 heavy (non-hydrogen) atoms. The number of aryl methyl sites for hydroxylation is 1. The fraction of sp³-hybridized carbons (Fsp3) is 0.267. The van der Waals surface area contributed by atoms with Crippen molar-refractivity contribution in [1.82, 2.24) is 10.2 Å². The third kappa shape index (κ3) is 3.54. The topological polar surface area (TPSA) is 66.9 Å². The zero-order chi connectivity index (χ0) is 14.4. The Bertz CT molecular complexity index is 581. The smallest absolute Gasteiger partial charge is 0.276 e. The predicted octanol–water partition coefficient (Wildman–Crippen LogP) is 2.86. The lowest BCUT2D eigenvalue weighted by molar-refractivity contribution is 0.102. The molecule has 1 heterocycles. The summed E-state index contributed by atoms with van der Waals surface area (Å²) in [4.78, 5) is 12.1. The van der Waals surface area contributed by atoms with Gasteiger partial charge in [0, 0.05) is 12.2 Å². The molecule has 0 saturated heterocycles. The minimum absolute atomic E-state index is 0.256. The van der Waals surface area contributed by atoms with Gasteiger partial charge in [-0.3, -0.25) is 4.79 Å². The summed E-state index contributed by atoms with van der Waals surface area (Å²) < 4.78 is 0. The summed E-state index contributed by atoms with van der Waals surface area (Å²) in [6.45, 7) is 4.85. The number of nitrogens with one attached hydrogen (secondary N) is 2. The second kappa shape index (κ2) is 6.65. The number of aromatic nitrogens is 2. The molecule has 1 amide bonds. The van der Waals surface area contributed by atoms with Gasteiger partial charge in [0.15, 0.2) is 5.69 Å². The minimum atomic E-state index is -0.256. The number of hydrogen-bond donors (Lipinski definition) is 2. The van der Waals surface area contributed by atoms with Crippen molar-refractivity contribution >= 4 is 17.4 Å². The number of rotatable bonds is 5. The summed E-state index contributed by atoms with van der Waals surface area (Å²) in [5.74, 6) is 0.424. The molecule has 0 bridgehead atoms. The molecule has 2 aromatic rings. The minimum Gasteiger partial charge on any atom is -0.369 e. The molecule has 2 N–H and O–H groups in total. The van der Waals surface area contributed by atoms with E-state index in [-0.39, 0.29) is 5.91 Å². The number of carbonyl (C=O) groups excluding carboxylic acids is 1. The first kappa shape index (κ1) is 14.0. The van der Waals surface area contributed by atoms with Crippen molar-refractivity contribution in [1.29, 1.82) is 0 Å². The molecule has 0 unspecified atom stereocenters. The fourth-order valence-electron chi connectivity index (χ4n) is 1.70. The maximum atomic E-state index is 12.1. The number of carbonyl (C=O) groups is 1. The van der Waals surface area contributed by atoms with Crippen molar-refractivity contribution in [2.24, 2.45) is 0 Å². The Hall–Kier alpha value is -2.43. The van der Waals surface area contributed by atoms with E-state index in [2.05, 4.69) is 27.8 Å². The highest BCUT2D eigenvalue weighted by atomic mass is 16.1. The Morgan fingerprint density at radius 2 is 1.95 bits per heavy atom. The molecular weight excluding hydrogens is 252 g/mol. The Balaban J connectivity index is 2.04. The van der Waals surface area contributed by atoms with Crippen LogP contribution < -0.4 is 10.6 Å². The molecule has 0 spiro atoms. The summed E-state index contributed by atoms with van der Waals surface area (Å²) in [5.41, 5.74) is 2.10. The van der Waals surface area contributed by atoms with Gasteiger partial charge in [0.1, 0.15) is 5.82 Å². The summed E-state index contributed by atoms with van der Waals surface area (Å²) in [7, 11) is 0. The molecule has 0 saturated carbocycles. The van der Waals surface area contributed by atoms with E-state index in [1.165, 1.54) is 0 Å². The average Bonchev–Trinajstić information content (AvgIpc) is 2.48. The van der Waals surface area contributed by atoms with Crippen LogP contribution in [-0.2, 0) is 0 Å². The Kier molecular flexibility index (Phi) is 4.65. The van der Waals surface area contributed by atoms with Crippen molar-refractivity contribution in [3.05, 3.63) is 47.7 Å². The normalized spacial score (nSPS) is 10.1. The van der Waals surface area contributed by atoms with E-state index in [1.54, 1.807) is 12.1 Å². The van der Waals surface area contributed by atoms with Gasteiger partial charge in [-0.25, -0.2) is 0 Å². The van der Waals surface area contributed by atoms with Crippen LogP contribution in [0.1, 0.15) is 29.4 Å². The molecule has 0 aliphatic rings. The number of amides is 1. The van der Waals surface area contributed by atoms with E-state index in [1.807, 2.05) is 31.2 Å². The van der Waals surface area contributed by atoms with Crippen molar-refractivity contribution in [2.45, 2.75) is 20.3 Å². The Morgan fingerprint density at radius 1 is 1.15 bits per heavy atom. The van der Waals surface area contributed by atoms with Gasteiger partial charge >= 0.3 is 0 Å². The first-order valence-corrected chi connectivity index (χ1v) is 6.65. The molecule has 5 heteroatoms. The zero-order valence-electron chi connectivity index (χ0n) is 11.7. The van der Waals surface area contributed by atoms with Crippen molar-refractivity contribution < 1.29 is 4.79 Å². The second-order valence-electron chi connectivity index (χ2n) is 4.50. The number of hydrogen-bond acceptors (Lipinski definition) is 4. The quantitative estimate of drug-likeness (QED) is 0.876. The van der Waals surface area contributed by atoms with E-state index in [9.17, 15) is 4.79 Å². The molecule has 5 nitrogen and oxygen atoms in total. The highest BCUT2D eigenvalue weighted by Gasteiger charge is 2.09. The van der Waals surface area contributed by atoms with Gasteiger partial charge in [-0.1, -0.05) is 25.1 Å². The van der Waals surface area contributed by atoms with E-state index in [4.69, 9.17) is 0 Å². The second-order valence-corrected chi connectivity index (χ2v) is 4.50. The van der Waals surface area contributed by atoms with E-state index >= 15 is 0 Å². The molecular formula is C15H18N4O. The summed E-state index contributed by atoms with van der Waals surface area (Å²) in [5, 5.41) is 13.9. The van der Waals surface area contributed by atoms with Crippen LogP contribution in [0.3, 0.4) is 0 Å². The Labute approximate surface area is 118 Å². The van der Waals surface area contributed by atoms with Crippen LogP contribution in [0.5, 0.6) is 0 Å². The third-order valence-corrected chi connectivity index (χ3v) is 2.85. The lowest BCUT2D eigenvalue weighted by Gasteiger charge is -2.07. The van der Waals surface area contributed by atoms with Crippen molar-refractivity contribution in [3.63, 3.8) is 0 Å². The van der Waals surface area contributed by atoms with Crippen molar-refractivity contribution in [3.8, 4) is 0 Å². The number of nitrogens with zero attached hydrogens (tertiary/aromatic N) is 2. The van der Waals surface area contributed by atoms with Crippen LogP contribution in [0.15, 0.2) is 36.4 Å². The third-order valence-electron chi connectivity index (χ3n) is 2.85. The first-order chi connectivity index (χ1) is 9.70. The standard InChI is InChI=1S/C15H18N4O/c1-3-10-16-14-9-8-13(18-19-14)15(20)17-12-7-5-4-6-11(12)2/h4-9H,3,10H2,1-2H3,(H,16,19)(H,17,20). The SMILES string of the molecule is CCCNc1ccc(C(=O)Nc2ccccc2C)nn1. The fourth-order valence-corrected chi connectivity index (χ4v) is 1.70. The number of para-hydroxylation sites is 1. The summed E-state index contributed by atoms with van der Waals surface area (Å²) in [6, 6.07) is 11.0. The average molecular weight is 270 g/mol. The van der Waals surface area contributed by atoms with Crippen LogP contribution in [0.4, 0.5) is 11.5 Å². The van der Waals surface area contributed by atoms with Gasteiger partial charge in [-0.15, -0.1) is 10.2 Å². The van der Waals surface area contributed by atoms with Gasteiger partial charge in [-0.05, 0) is 37.1 Å². The van der Waals surface area contributed by atoms with Gasteiger partial charge in [0.2, 0.25) is 0 Å². The molecule has 0 atom stereocenters. The summed E-state index contributed by atoms with van der Waals surface area (Å²) in [6.07, 6.45) is 1.01. The van der Waals surface area contributed by atoms with Gasteiger partial charge < -0.3 is 10.6 Å². The van der Waals surface area contributed by atoms with E-state index in [0.29, 0.717) is 11.5 Å². The van der Waals surface area contributed by atoms with E-state index < -0.39 is 0 Å². The van der Waals surface area contributed by atoms with Gasteiger partial charge in [0.05, 0.1) is 0 Å². The molecule has 1 aromatic carbocycles. The van der Waals surface area contributed by atoms with Crippen LogP contribution in [0, 0.1) is 6.92 Å². The first-order valence-electron chi connectivity index (χ1n) is 6.65. The highest BCUT2D eigenvalue weighted by Crippen LogP contribution is 2.14. The lowest BCUT2D eigenvalue weighted by atomic mass is 10.2. The largest absolute Gasteiger partial charge is 0.369 e. The number of anilines is 2. The molecule has 0 aliphatic heterocycles. The molecule has 0 radical (unpaired) electrons. The van der Waals surface area contributed by atoms with Crippen LogP contribution in [0.2, 0.25) is 0 Å². The molecule has 1 aromatic heterocycles. The lowest BCUT2D eigenvalue weighted by Crippen LogP contribution is -2.15. The van der Waals surface area contributed by atoms with Crippen LogP contribution in [-0.4, -0.2) is 22.6 Å². The van der Waals surface area contributed by atoms with Gasteiger partial charge in [-0.2, -0.15) is 0 Å². The van der Waals surface area contributed by atoms with Crippen LogP contribution in [0.25, 0.3) is 0 Å². The maximum absolute atomic E-state index is 12.1. The highest BCUT2D eigenvalue weighted by molar-refractivity contribution is 6.03. The molecule has 0 aliphatic carbocycles. The maximum Gasteiger partial charge on any atom is 0.276 e. The van der Waals surface area contributed by atoms with E-state index in [0.717, 1.165) is 24.2 Å². The van der Waals surface area contributed by atoms with Crippen LogP contribution >= 0.6 is 0 Å². The zero-order valence-corrected chi connectivity index (χ0v) is 11.7. The molecule has 2 rings (SSSR count).